The quantitative estimate of drug-likeness (QED) is 0.627. The Balaban J connectivity index is 2.14. The van der Waals surface area contributed by atoms with E-state index in [9.17, 15) is 14.9 Å². The summed E-state index contributed by atoms with van der Waals surface area (Å²) in [5.41, 5.74) is -0.418. The van der Waals surface area contributed by atoms with Gasteiger partial charge in [-0.05, 0) is 32.5 Å². The van der Waals surface area contributed by atoms with E-state index in [1.165, 1.54) is 6.07 Å². The molecule has 1 aliphatic rings. The van der Waals surface area contributed by atoms with Gasteiger partial charge in [0.1, 0.15) is 0 Å². The maximum absolute atomic E-state index is 11.0. The minimum Gasteiger partial charge on any atom is -0.477 e. The second-order valence-corrected chi connectivity index (χ2v) is 5.14. The zero-order valence-electron chi connectivity index (χ0n) is 11.8. The highest BCUT2D eigenvalue weighted by molar-refractivity contribution is 5.86. The standard InChI is InChI=1S/C13H18N4O4/c1-16-7-3-2-4-9(16)8-14-12-11(17(20)21)6-5-10(15-12)13(18)19/h5-6,9H,2-4,7-8H2,1H3,(H,14,15)(H,18,19). The summed E-state index contributed by atoms with van der Waals surface area (Å²) in [5, 5.41) is 22.8. The van der Waals surface area contributed by atoms with Gasteiger partial charge < -0.3 is 15.3 Å². The average Bonchev–Trinajstić information content (AvgIpc) is 2.46. The summed E-state index contributed by atoms with van der Waals surface area (Å²) in [7, 11) is 2.01. The minimum atomic E-state index is -1.21. The van der Waals surface area contributed by atoms with Crippen LogP contribution in [0.4, 0.5) is 11.5 Å². The summed E-state index contributed by atoms with van der Waals surface area (Å²) in [6, 6.07) is 2.58. The molecule has 1 unspecified atom stereocenters. The summed E-state index contributed by atoms with van der Waals surface area (Å²) in [5.74, 6) is -1.19. The van der Waals surface area contributed by atoms with Gasteiger partial charge in [0.2, 0.25) is 5.82 Å². The fourth-order valence-electron chi connectivity index (χ4n) is 2.46. The molecule has 0 radical (unpaired) electrons. The number of nitrogens with zero attached hydrogens (tertiary/aromatic N) is 3. The molecule has 1 aromatic rings. The predicted octanol–water partition coefficient (Wildman–Crippen LogP) is 1.58. The van der Waals surface area contributed by atoms with E-state index in [0.29, 0.717) is 6.54 Å². The Morgan fingerprint density at radius 1 is 1.57 bits per heavy atom. The molecule has 0 bridgehead atoms. The van der Waals surface area contributed by atoms with Gasteiger partial charge >= 0.3 is 11.7 Å². The highest BCUT2D eigenvalue weighted by Crippen LogP contribution is 2.23. The number of piperidine rings is 1. The molecule has 2 rings (SSSR count). The lowest BCUT2D eigenvalue weighted by atomic mass is 10.0. The Kier molecular flexibility index (Phi) is 4.69. The van der Waals surface area contributed by atoms with Crippen LogP contribution in [-0.2, 0) is 0 Å². The molecule has 1 saturated heterocycles. The lowest BCUT2D eigenvalue weighted by molar-refractivity contribution is -0.384. The number of nitrogens with one attached hydrogen (secondary N) is 1. The van der Waals surface area contributed by atoms with Crippen molar-refractivity contribution in [1.29, 1.82) is 0 Å². The molecule has 1 atom stereocenters. The molecule has 1 fully saturated rings. The highest BCUT2D eigenvalue weighted by Gasteiger charge is 2.22. The SMILES string of the molecule is CN1CCCCC1CNc1nc(C(=O)O)ccc1[N+](=O)[O-]. The van der Waals surface area contributed by atoms with Crippen LogP contribution in [0.25, 0.3) is 0 Å². The maximum Gasteiger partial charge on any atom is 0.354 e. The number of hydrogen-bond acceptors (Lipinski definition) is 6. The van der Waals surface area contributed by atoms with Crippen LogP contribution in [0, 0.1) is 10.1 Å². The van der Waals surface area contributed by atoms with Gasteiger partial charge in [-0.15, -0.1) is 0 Å². The third-order valence-electron chi connectivity index (χ3n) is 3.72. The fourth-order valence-corrected chi connectivity index (χ4v) is 2.46. The van der Waals surface area contributed by atoms with E-state index >= 15 is 0 Å². The molecule has 0 spiro atoms. The number of nitro groups is 1. The molecular weight excluding hydrogens is 276 g/mol. The molecule has 2 N–H and O–H groups in total. The molecule has 114 valence electrons. The van der Waals surface area contributed by atoms with Crippen LogP contribution in [0.2, 0.25) is 0 Å². The van der Waals surface area contributed by atoms with Gasteiger partial charge in [0.25, 0.3) is 0 Å². The van der Waals surface area contributed by atoms with Crippen molar-refractivity contribution in [3.05, 3.63) is 27.9 Å². The Morgan fingerprint density at radius 3 is 2.95 bits per heavy atom. The molecule has 0 aromatic carbocycles. The van der Waals surface area contributed by atoms with Crippen molar-refractivity contribution in [3.8, 4) is 0 Å². The number of anilines is 1. The van der Waals surface area contributed by atoms with Crippen LogP contribution in [0.1, 0.15) is 29.8 Å². The average molecular weight is 294 g/mol. The van der Waals surface area contributed by atoms with E-state index in [0.717, 1.165) is 31.9 Å². The minimum absolute atomic E-state index is 0.0128. The molecular formula is C13H18N4O4. The Labute approximate surface area is 121 Å². The van der Waals surface area contributed by atoms with Gasteiger partial charge in [0, 0.05) is 18.7 Å². The number of aromatic nitrogens is 1. The van der Waals surface area contributed by atoms with Crippen molar-refractivity contribution in [1.82, 2.24) is 9.88 Å². The molecule has 21 heavy (non-hydrogen) atoms. The van der Waals surface area contributed by atoms with Crippen LogP contribution in [0.3, 0.4) is 0 Å². The summed E-state index contributed by atoms with van der Waals surface area (Å²) >= 11 is 0. The number of carboxylic acid groups (broad SMARTS) is 1. The topological polar surface area (TPSA) is 109 Å². The van der Waals surface area contributed by atoms with Gasteiger partial charge in [-0.25, -0.2) is 9.78 Å². The van der Waals surface area contributed by atoms with Gasteiger partial charge in [-0.2, -0.15) is 0 Å². The van der Waals surface area contributed by atoms with E-state index < -0.39 is 10.9 Å². The molecule has 2 heterocycles. The maximum atomic E-state index is 11.0. The van der Waals surface area contributed by atoms with Gasteiger partial charge in [0.15, 0.2) is 5.69 Å². The number of carbonyl (C=O) groups is 1. The summed E-state index contributed by atoms with van der Waals surface area (Å²) in [6.07, 6.45) is 3.29. The van der Waals surface area contributed by atoms with Crippen LogP contribution in [-0.4, -0.2) is 52.1 Å². The summed E-state index contributed by atoms with van der Waals surface area (Å²) < 4.78 is 0. The number of carboxylic acids is 1. The lowest BCUT2D eigenvalue weighted by Gasteiger charge is -2.32. The first-order valence-corrected chi connectivity index (χ1v) is 6.82. The zero-order valence-corrected chi connectivity index (χ0v) is 11.8. The Morgan fingerprint density at radius 2 is 2.33 bits per heavy atom. The second-order valence-electron chi connectivity index (χ2n) is 5.14. The van der Waals surface area contributed by atoms with Gasteiger partial charge in [-0.3, -0.25) is 10.1 Å². The van der Waals surface area contributed by atoms with Crippen molar-refractivity contribution >= 4 is 17.5 Å². The van der Waals surface area contributed by atoms with Crippen molar-refractivity contribution in [2.45, 2.75) is 25.3 Å². The van der Waals surface area contributed by atoms with Crippen molar-refractivity contribution in [3.63, 3.8) is 0 Å². The normalized spacial score (nSPS) is 19.2. The number of pyridine rings is 1. The van der Waals surface area contributed by atoms with Crippen molar-refractivity contribution in [2.24, 2.45) is 0 Å². The lowest BCUT2D eigenvalue weighted by Crippen LogP contribution is -2.40. The van der Waals surface area contributed by atoms with Crippen LogP contribution in [0.15, 0.2) is 12.1 Å². The number of likely N-dealkylation sites (tertiary alicyclic amines) is 1. The van der Waals surface area contributed by atoms with Crippen LogP contribution >= 0.6 is 0 Å². The second kappa shape index (κ2) is 6.49. The van der Waals surface area contributed by atoms with Crippen LogP contribution < -0.4 is 5.32 Å². The van der Waals surface area contributed by atoms with E-state index in [1.54, 1.807) is 0 Å². The molecule has 8 heteroatoms. The van der Waals surface area contributed by atoms with E-state index in [1.807, 2.05) is 7.05 Å². The molecule has 1 aromatic heterocycles. The van der Waals surface area contributed by atoms with Gasteiger partial charge in [-0.1, -0.05) is 6.42 Å². The first-order chi connectivity index (χ1) is 9.99. The number of rotatable bonds is 5. The van der Waals surface area contributed by atoms with E-state index in [-0.39, 0.29) is 23.2 Å². The molecule has 8 nitrogen and oxygen atoms in total. The van der Waals surface area contributed by atoms with Crippen LogP contribution in [0.5, 0.6) is 0 Å². The highest BCUT2D eigenvalue weighted by atomic mass is 16.6. The number of likely N-dealkylation sites (N-methyl/N-ethyl adjacent to an activating group) is 1. The molecule has 0 aliphatic carbocycles. The van der Waals surface area contributed by atoms with E-state index in [4.69, 9.17) is 5.11 Å². The van der Waals surface area contributed by atoms with Crippen molar-refractivity contribution in [2.75, 3.05) is 25.5 Å². The molecule has 0 saturated carbocycles. The third-order valence-corrected chi connectivity index (χ3v) is 3.72. The monoisotopic (exact) mass is 294 g/mol. The predicted molar refractivity (Wildman–Crippen MR) is 76.6 cm³/mol. The van der Waals surface area contributed by atoms with Crippen molar-refractivity contribution < 1.29 is 14.8 Å². The summed E-state index contributed by atoms with van der Waals surface area (Å²) in [4.78, 5) is 27.4. The van der Waals surface area contributed by atoms with Gasteiger partial charge in [0.05, 0.1) is 4.92 Å². The Bertz CT molecular complexity index is 549. The molecule has 0 amide bonds. The first kappa shape index (κ1) is 15.2. The first-order valence-electron chi connectivity index (χ1n) is 6.82. The largest absolute Gasteiger partial charge is 0.477 e. The smallest absolute Gasteiger partial charge is 0.354 e. The number of aromatic carboxylic acids is 1. The third kappa shape index (κ3) is 3.66. The van der Waals surface area contributed by atoms with E-state index in [2.05, 4.69) is 15.2 Å². The fraction of sp³-hybridized carbons (Fsp3) is 0.538. The zero-order chi connectivity index (χ0) is 15.4. The number of hydrogen-bond donors (Lipinski definition) is 2. The Hall–Kier alpha value is -2.22. The summed E-state index contributed by atoms with van der Waals surface area (Å²) in [6.45, 7) is 1.50. The molecule has 1 aliphatic heterocycles.